The summed E-state index contributed by atoms with van der Waals surface area (Å²) in [7, 11) is 0. The van der Waals surface area contributed by atoms with E-state index >= 15 is 0 Å². The number of hydrogen-bond acceptors (Lipinski definition) is 7. The van der Waals surface area contributed by atoms with Gasteiger partial charge in [0.25, 0.3) is 5.91 Å². The SMILES string of the molecule is Cc1nnc(C2COCCN2C(=O)c2ccnc(OC(C)C)c2)o1. The van der Waals surface area contributed by atoms with Crippen molar-refractivity contribution in [2.45, 2.75) is 32.9 Å². The Balaban J connectivity index is 1.84. The minimum Gasteiger partial charge on any atom is -0.475 e. The third-order valence-electron chi connectivity index (χ3n) is 3.55. The fourth-order valence-corrected chi connectivity index (χ4v) is 2.51. The molecule has 1 fully saturated rings. The number of carbonyl (C=O) groups is 1. The van der Waals surface area contributed by atoms with Gasteiger partial charge in [0, 0.05) is 31.3 Å². The molecule has 3 heterocycles. The van der Waals surface area contributed by atoms with Gasteiger partial charge < -0.3 is 18.8 Å². The standard InChI is InChI=1S/C16H20N4O4/c1-10(2)23-14-8-12(4-5-17-14)16(21)20-6-7-22-9-13(20)15-19-18-11(3)24-15/h4-5,8,10,13H,6-7,9H2,1-3H3. The minimum atomic E-state index is -0.393. The van der Waals surface area contributed by atoms with Crippen LogP contribution in [0.5, 0.6) is 5.88 Å². The van der Waals surface area contributed by atoms with Gasteiger partial charge in [0.15, 0.2) is 0 Å². The molecule has 2 aromatic rings. The highest BCUT2D eigenvalue weighted by molar-refractivity contribution is 5.94. The monoisotopic (exact) mass is 332 g/mol. The molecular weight excluding hydrogens is 312 g/mol. The van der Waals surface area contributed by atoms with E-state index in [-0.39, 0.29) is 12.0 Å². The molecule has 1 aliphatic heterocycles. The molecule has 8 nitrogen and oxygen atoms in total. The van der Waals surface area contributed by atoms with Gasteiger partial charge >= 0.3 is 0 Å². The smallest absolute Gasteiger partial charge is 0.254 e. The Morgan fingerprint density at radius 2 is 2.25 bits per heavy atom. The molecule has 1 atom stereocenters. The molecule has 0 N–H and O–H groups in total. The minimum absolute atomic E-state index is 0.0136. The maximum atomic E-state index is 12.9. The number of morpholine rings is 1. The van der Waals surface area contributed by atoms with Crippen molar-refractivity contribution in [2.24, 2.45) is 0 Å². The summed E-state index contributed by atoms with van der Waals surface area (Å²) in [5.41, 5.74) is 0.504. The molecule has 1 unspecified atom stereocenters. The van der Waals surface area contributed by atoms with Gasteiger partial charge in [-0.2, -0.15) is 0 Å². The number of nitrogens with zero attached hydrogens (tertiary/aromatic N) is 4. The number of hydrogen-bond donors (Lipinski definition) is 0. The maximum Gasteiger partial charge on any atom is 0.254 e. The Hall–Kier alpha value is -2.48. The van der Waals surface area contributed by atoms with Crippen molar-refractivity contribution in [3.63, 3.8) is 0 Å². The summed E-state index contributed by atoms with van der Waals surface area (Å²) >= 11 is 0. The molecule has 1 amide bonds. The zero-order chi connectivity index (χ0) is 17.1. The zero-order valence-electron chi connectivity index (χ0n) is 13.9. The fourth-order valence-electron chi connectivity index (χ4n) is 2.51. The van der Waals surface area contributed by atoms with Gasteiger partial charge in [0.2, 0.25) is 17.7 Å². The average Bonchev–Trinajstić information content (AvgIpc) is 3.00. The lowest BCUT2D eigenvalue weighted by molar-refractivity contribution is -0.0106. The van der Waals surface area contributed by atoms with E-state index in [2.05, 4.69) is 15.2 Å². The quantitative estimate of drug-likeness (QED) is 0.842. The first-order chi connectivity index (χ1) is 11.5. The zero-order valence-corrected chi connectivity index (χ0v) is 13.9. The van der Waals surface area contributed by atoms with Crippen molar-refractivity contribution in [3.05, 3.63) is 35.7 Å². The maximum absolute atomic E-state index is 12.9. The summed E-state index contributed by atoms with van der Waals surface area (Å²) in [6.45, 7) is 6.78. The highest BCUT2D eigenvalue weighted by Gasteiger charge is 2.33. The molecule has 0 saturated carbocycles. The van der Waals surface area contributed by atoms with Crippen molar-refractivity contribution in [3.8, 4) is 5.88 Å². The molecule has 1 saturated heterocycles. The van der Waals surface area contributed by atoms with Crippen molar-refractivity contribution in [2.75, 3.05) is 19.8 Å². The van der Waals surface area contributed by atoms with Crippen molar-refractivity contribution >= 4 is 5.91 Å². The Morgan fingerprint density at radius 3 is 2.96 bits per heavy atom. The molecule has 3 rings (SSSR count). The Bertz CT molecular complexity index is 716. The molecule has 8 heteroatoms. The number of amides is 1. The molecule has 1 aliphatic rings. The van der Waals surface area contributed by atoms with Crippen molar-refractivity contribution in [1.29, 1.82) is 0 Å². The lowest BCUT2D eigenvalue weighted by atomic mass is 10.1. The van der Waals surface area contributed by atoms with Crippen LogP contribution < -0.4 is 4.74 Å². The van der Waals surface area contributed by atoms with Gasteiger partial charge in [-0.3, -0.25) is 4.79 Å². The van der Waals surface area contributed by atoms with Crippen molar-refractivity contribution in [1.82, 2.24) is 20.1 Å². The second-order valence-corrected chi connectivity index (χ2v) is 5.80. The molecule has 0 radical (unpaired) electrons. The van der Waals surface area contributed by atoms with Crippen LogP contribution in [0, 0.1) is 6.92 Å². The van der Waals surface area contributed by atoms with E-state index in [0.717, 1.165) is 0 Å². The summed E-state index contributed by atoms with van der Waals surface area (Å²) in [4.78, 5) is 18.7. The molecule has 128 valence electrons. The predicted octanol–water partition coefficient (Wildman–Crippen LogP) is 1.77. The highest BCUT2D eigenvalue weighted by atomic mass is 16.5. The second-order valence-electron chi connectivity index (χ2n) is 5.80. The number of rotatable bonds is 4. The summed E-state index contributed by atoms with van der Waals surface area (Å²) in [5, 5.41) is 7.86. The van der Waals surface area contributed by atoms with Crippen LogP contribution in [0.4, 0.5) is 0 Å². The lowest BCUT2D eigenvalue weighted by Crippen LogP contribution is -2.43. The van der Waals surface area contributed by atoms with E-state index in [4.69, 9.17) is 13.9 Å². The topological polar surface area (TPSA) is 90.6 Å². The van der Waals surface area contributed by atoms with Crippen LogP contribution in [-0.2, 0) is 4.74 Å². The Labute approximate surface area is 139 Å². The van der Waals surface area contributed by atoms with Crippen molar-refractivity contribution < 1.29 is 18.7 Å². The highest BCUT2D eigenvalue weighted by Crippen LogP contribution is 2.25. The largest absolute Gasteiger partial charge is 0.475 e. The van der Waals surface area contributed by atoms with Crippen LogP contribution in [0.1, 0.15) is 42.0 Å². The van der Waals surface area contributed by atoms with Crippen LogP contribution in [0.25, 0.3) is 0 Å². The van der Waals surface area contributed by atoms with E-state index in [1.165, 1.54) is 0 Å². The first-order valence-electron chi connectivity index (χ1n) is 7.86. The van der Waals surface area contributed by atoms with Gasteiger partial charge in [0.1, 0.15) is 6.04 Å². The summed E-state index contributed by atoms with van der Waals surface area (Å²) in [5.74, 6) is 1.12. The number of carbonyl (C=O) groups excluding carboxylic acids is 1. The van der Waals surface area contributed by atoms with Crippen LogP contribution >= 0.6 is 0 Å². The molecule has 24 heavy (non-hydrogen) atoms. The molecule has 0 aromatic carbocycles. The van der Waals surface area contributed by atoms with Crippen LogP contribution in [0.2, 0.25) is 0 Å². The number of ether oxygens (including phenoxy) is 2. The predicted molar refractivity (Wildman–Crippen MR) is 83.6 cm³/mol. The van der Waals surface area contributed by atoms with Crippen LogP contribution in [0.15, 0.2) is 22.7 Å². The first kappa shape index (κ1) is 16.4. The van der Waals surface area contributed by atoms with Crippen LogP contribution in [-0.4, -0.2) is 51.9 Å². The van der Waals surface area contributed by atoms with E-state index in [0.29, 0.717) is 43.0 Å². The van der Waals surface area contributed by atoms with Gasteiger partial charge in [-0.05, 0) is 19.9 Å². The summed E-state index contributed by atoms with van der Waals surface area (Å²) in [6.07, 6.45) is 1.55. The molecule has 0 spiro atoms. The van der Waals surface area contributed by atoms with Gasteiger partial charge in [0.05, 0.1) is 19.3 Å². The third kappa shape index (κ3) is 3.53. The molecule has 0 aliphatic carbocycles. The molecule has 2 aromatic heterocycles. The normalized spacial score (nSPS) is 18.0. The second kappa shape index (κ2) is 6.96. The van der Waals surface area contributed by atoms with E-state index in [1.54, 1.807) is 30.2 Å². The van der Waals surface area contributed by atoms with E-state index in [9.17, 15) is 4.79 Å². The Kier molecular flexibility index (Phi) is 4.75. The van der Waals surface area contributed by atoms with Gasteiger partial charge in [-0.1, -0.05) is 0 Å². The van der Waals surface area contributed by atoms with E-state index < -0.39 is 6.04 Å². The van der Waals surface area contributed by atoms with Crippen LogP contribution in [0.3, 0.4) is 0 Å². The van der Waals surface area contributed by atoms with Gasteiger partial charge in [-0.15, -0.1) is 10.2 Å². The molecular formula is C16H20N4O4. The van der Waals surface area contributed by atoms with Gasteiger partial charge in [-0.25, -0.2) is 4.98 Å². The Morgan fingerprint density at radius 1 is 1.42 bits per heavy atom. The number of pyridine rings is 1. The number of aryl methyl sites for hydroxylation is 1. The summed E-state index contributed by atoms with van der Waals surface area (Å²) in [6, 6.07) is 2.92. The molecule has 0 bridgehead atoms. The summed E-state index contributed by atoms with van der Waals surface area (Å²) < 4.78 is 16.5. The number of aromatic nitrogens is 3. The lowest BCUT2D eigenvalue weighted by Gasteiger charge is -2.33. The third-order valence-corrected chi connectivity index (χ3v) is 3.55. The average molecular weight is 332 g/mol. The van der Waals surface area contributed by atoms with E-state index in [1.807, 2.05) is 13.8 Å². The fraction of sp³-hybridized carbons (Fsp3) is 0.500. The first-order valence-corrected chi connectivity index (χ1v) is 7.86.